The van der Waals surface area contributed by atoms with Gasteiger partial charge in [-0.25, -0.2) is 0 Å². The van der Waals surface area contributed by atoms with Gasteiger partial charge < -0.3 is 9.15 Å². The number of Topliss-reactive ketones (excluding diaryl/α,β-unsaturated/α-hetero) is 1. The monoisotopic (exact) mass is 244 g/mol. The zero-order valence-corrected chi connectivity index (χ0v) is 10.1. The highest BCUT2D eigenvalue weighted by atomic mass is 16.5. The van der Waals surface area contributed by atoms with E-state index in [1.165, 1.54) is 14.0 Å². The number of ketones is 1. The van der Waals surface area contributed by atoms with E-state index in [2.05, 4.69) is 0 Å². The quantitative estimate of drug-likeness (QED) is 0.612. The lowest BCUT2D eigenvalue weighted by Crippen LogP contribution is -1.94. The highest BCUT2D eigenvalue weighted by molar-refractivity contribution is 5.95. The Hall–Kier alpha value is -2.36. The Morgan fingerprint density at radius 3 is 2.61 bits per heavy atom. The number of benzene rings is 1. The van der Waals surface area contributed by atoms with Crippen molar-refractivity contribution in [2.24, 2.45) is 0 Å². The molecule has 0 fully saturated rings. The molecule has 0 spiro atoms. The molecule has 92 valence electrons. The lowest BCUT2D eigenvalue weighted by molar-refractivity contribution is 0.101. The predicted octanol–water partition coefficient (Wildman–Crippen LogP) is 2.97. The first-order valence-electron chi connectivity index (χ1n) is 5.40. The summed E-state index contributed by atoms with van der Waals surface area (Å²) in [7, 11) is 1.52. The molecule has 1 aromatic carbocycles. The molecule has 0 aliphatic carbocycles. The van der Waals surface area contributed by atoms with E-state index in [-0.39, 0.29) is 11.5 Å². The molecule has 0 unspecified atom stereocenters. The van der Waals surface area contributed by atoms with Crippen LogP contribution in [0.15, 0.2) is 34.7 Å². The summed E-state index contributed by atoms with van der Waals surface area (Å²) in [5.41, 5.74) is 1.27. The van der Waals surface area contributed by atoms with Gasteiger partial charge in [-0.2, -0.15) is 0 Å². The number of hydrogen-bond donors (Lipinski definition) is 0. The minimum atomic E-state index is -0.0344. The van der Waals surface area contributed by atoms with Crippen LogP contribution in [0.25, 0.3) is 11.3 Å². The zero-order chi connectivity index (χ0) is 13.1. The average molecular weight is 244 g/mol. The van der Waals surface area contributed by atoms with Gasteiger partial charge in [0, 0.05) is 5.56 Å². The van der Waals surface area contributed by atoms with Gasteiger partial charge in [-0.3, -0.25) is 9.59 Å². The largest absolute Gasteiger partial charge is 0.496 e. The fourth-order valence-electron chi connectivity index (χ4n) is 1.67. The molecule has 0 saturated heterocycles. The summed E-state index contributed by atoms with van der Waals surface area (Å²) in [4.78, 5) is 21.9. The summed E-state index contributed by atoms with van der Waals surface area (Å²) in [6, 6.07) is 8.36. The van der Waals surface area contributed by atoms with E-state index >= 15 is 0 Å². The van der Waals surface area contributed by atoms with E-state index < -0.39 is 0 Å². The van der Waals surface area contributed by atoms with Crippen molar-refractivity contribution in [1.82, 2.24) is 0 Å². The Balaban J connectivity index is 2.50. The van der Waals surface area contributed by atoms with Crippen molar-refractivity contribution in [3.63, 3.8) is 0 Å². The van der Waals surface area contributed by atoms with Crippen LogP contribution >= 0.6 is 0 Å². The summed E-state index contributed by atoms with van der Waals surface area (Å²) in [5, 5.41) is 0. The third-order valence-corrected chi connectivity index (χ3v) is 2.62. The molecular formula is C14H12O4. The van der Waals surface area contributed by atoms with E-state index in [0.29, 0.717) is 28.9 Å². The van der Waals surface area contributed by atoms with Crippen molar-refractivity contribution >= 4 is 12.1 Å². The number of carbonyl (C=O) groups is 2. The molecule has 0 radical (unpaired) electrons. The van der Waals surface area contributed by atoms with Gasteiger partial charge in [-0.1, -0.05) is 6.07 Å². The maximum Gasteiger partial charge on any atom is 0.185 e. The summed E-state index contributed by atoms with van der Waals surface area (Å²) >= 11 is 0. The van der Waals surface area contributed by atoms with E-state index in [4.69, 9.17) is 9.15 Å². The van der Waals surface area contributed by atoms with Crippen LogP contribution in [-0.4, -0.2) is 19.2 Å². The summed E-state index contributed by atoms with van der Waals surface area (Å²) < 4.78 is 10.6. The molecule has 0 aliphatic heterocycles. The van der Waals surface area contributed by atoms with E-state index in [9.17, 15) is 9.59 Å². The van der Waals surface area contributed by atoms with E-state index in [1.807, 2.05) is 0 Å². The molecule has 0 atom stereocenters. The Bertz CT molecular complexity index is 596. The third kappa shape index (κ3) is 2.18. The summed E-state index contributed by atoms with van der Waals surface area (Å²) in [6.45, 7) is 1.49. The molecule has 0 amide bonds. The number of furan rings is 1. The first-order valence-corrected chi connectivity index (χ1v) is 5.40. The predicted molar refractivity (Wildman–Crippen MR) is 66.1 cm³/mol. The highest BCUT2D eigenvalue weighted by Crippen LogP contribution is 2.32. The molecular weight excluding hydrogens is 232 g/mol. The lowest BCUT2D eigenvalue weighted by Gasteiger charge is -2.07. The minimum absolute atomic E-state index is 0.0344. The first kappa shape index (κ1) is 12.1. The molecule has 4 heteroatoms. The second-order valence-corrected chi connectivity index (χ2v) is 3.79. The average Bonchev–Trinajstić information content (AvgIpc) is 2.86. The Kier molecular flexibility index (Phi) is 3.28. The van der Waals surface area contributed by atoms with Gasteiger partial charge in [-0.05, 0) is 31.2 Å². The fraction of sp³-hybridized carbons (Fsp3) is 0.143. The van der Waals surface area contributed by atoms with Crippen LogP contribution in [0.2, 0.25) is 0 Å². The summed E-state index contributed by atoms with van der Waals surface area (Å²) in [6.07, 6.45) is 0.639. The number of ether oxygens (including phenoxy) is 1. The van der Waals surface area contributed by atoms with Crippen LogP contribution in [0.3, 0.4) is 0 Å². The Morgan fingerprint density at radius 1 is 1.28 bits per heavy atom. The van der Waals surface area contributed by atoms with Crippen molar-refractivity contribution < 1.29 is 18.7 Å². The Morgan fingerprint density at radius 2 is 2.06 bits per heavy atom. The van der Waals surface area contributed by atoms with E-state index in [0.717, 1.165) is 0 Å². The summed E-state index contributed by atoms with van der Waals surface area (Å²) in [5.74, 6) is 1.29. The Labute approximate surface area is 104 Å². The van der Waals surface area contributed by atoms with Gasteiger partial charge in [0.2, 0.25) is 0 Å². The van der Waals surface area contributed by atoms with Gasteiger partial charge in [-0.15, -0.1) is 0 Å². The van der Waals surface area contributed by atoms with Crippen molar-refractivity contribution in [2.45, 2.75) is 6.92 Å². The maximum atomic E-state index is 11.3. The van der Waals surface area contributed by atoms with Crippen LogP contribution in [0, 0.1) is 0 Å². The smallest absolute Gasteiger partial charge is 0.185 e. The van der Waals surface area contributed by atoms with Crippen molar-refractivity contribution in [3.05, 3.63) is 41.7 Å². The lowest BCUT2D eigenvalue weighted by atomic mass is 10.1. The molecule has 0 bridgehead atoms. The second kappa shape index (κ2) is 4.87. The van der Waals surface area contributed by atoms with Gasteiger partial charge in [0.15, 0.2) is 17.8 Å². The molecule has 1 aromatic heterocycles. The normalized spacial score (nSPS) is 10.1. The molecule has 0 saturated carbocycles. The fourth-order valence-corrected chi connectivity index (χ4v) is 1.67. The molecule has 2 rings (SSSR count). The number of hydrogen-bond acceptors (Lipinski definition) is 4. The number of carbonyl (C=O) groups excluding carboxylic acids is 2. The van der Waals surface area contributed by atoms with Crippen LogP contribution in [0.4, 0.5) is 0 Å². The van der Waals surface area contributed by atoms with Crippen LogP contribution in [0.1, 0.15) is 27.8 Å². The van der Waals surface area contributed by atoms with Gasteiger partial charge in [0.1, 0.15) is 11.5 Å². The molecule has 0 N–H and O–H groups in total. The SMILES string of the molecule is COc1cc(C(C)=O)ccc1-c1ccc(C=O)o1. The highest BCUT2D eigenvalue weighted by Gasteiger charge is 2.12. The second-order valence-electron chi connectivity index (χ2n) is 3.79. The van der Waals surface area contributed by atoms with Gasteiger partial charge in [0.25, 0.3) is 0 Å². The molecule has 18 heavy (non-hydrogen) atoms. The van der Waals surface area contributed by atoms with Crippen LogP contribution in [-0.2, 0) is 0 Å². The van der Waals surface area contributed by atoms with Crippen LogP contribution in [0.5, 0.6) is 5.75 Å². The standard InChI is InChI=1S/C14H12O4/c1-9(16)10-3-5-12(14(7-10)17-2)13-6-4-11(8-15)18-13/h3-8H,1-2H3. The van der Waals surface area contributed by atoms with Gasteiger partial charge >= 0.3 is 0 Å². The number of rotatable bonds is 4. The zero-order valence-electron chi connectivity index (χ0n) is 10.1. The minimum Gasteiger partial charge on any atom is -0.496 e. The van der Waals surface area contributed by atoms with E-state index in [1.54, 1.807) is 30.3 Å². The van der Waals surface area contributed by atoms with Crippen molar-refractivity contribution in [2.75, 3.05) is 7.11 Å². The van der Waals surface area contributed by atoms with Gasteiger partial charge in [0.05, 0.1) is 12.7 Å². The number of methoxy groups -OCH3 is 1. The van der Waals surface area contributed by atoms with Crippen molar-refractivity contribution in [3.8, 4) is 17.1 Å². The van der Waals surface area contributed by atoms with Crippen LogP contribution < -0.4 is 4.74 Å². The topological polar surface area (TPSA) is 56.5 Å². The van der Waals surface area contributed by atoms with Crippen molar-refractivity contribution in [1.29, 1.82) is 0 Å². The molecule has 2 aromatic rings. The number of aldehydes is 1. The maximum absolute atomic E-state index is 11.3. The molecule has 1 heterocycles. The molecule has 0 aliphatic rings. The first-order chi connectivity index (χ1) is 8.65. The molecule has 4 nitrogen and oxygen atoms in total. The third-order valence-electron chi connectivity index (χ3n) is 2.62.